The fourth-order valence-corrected chi connectivity index (χ4v) is 1.91. The van der Waals surface area contributed by atoms with Crippen molar-refractivity contribution in [3.05, 3.63) is 36.5 Å². The molecule has 0 aromatic heterocycles. The number of rotatable bonds is 3. The van der Waals surface area contributed by atoms with E-state index in [0.717, 1.165) is 19.4 Å². The lowest BCUT2D eigenvalue weighted by Gasteiger charge is -2.14. The van der Waals surface area contributed by atoms with Gasteiger partial charge in [0.05, 0.1) is 0 Å². The van der Waals surface area contributed by atoms with E-state index in [1.54, 1.807) is 0 Å². The molecular formula is C15H25NO. The topological polar surface area (TPSA) is 29.1 Å². The molecular weight excluding hydrogens is 210 g/mol. The zero-order chi connectivity index (χ0) is 13.1. The summed E-state index contributed by atoms with van der Waals surface area (Å²) >= 11 is 0. The van der Waals surface area contributed by atoms with Crippen LogP contribution >= 0.6 is 0 Å². The zero-order valence-electron chi connectivity index (χ0n) is 11.3. The number of allylic oxidation sites excluding steroid dienone is 5. The van der Waals surface area contributed by atoms with Crippen molar-refractivity contribution in [1.29, 1.82) is 0 Å². The Morgan fingerprint density at radius 1 is 1.41 bits per heavy atom. The first-order valence-electron chi connectivity index (χ1n) is 6.50. The Balaban J connectivity index is 0.00000121. The zero-order valence-corrected chi connectivity index (χ0v) is 11.3. The highest BCUT2D eigenvalue weighted by Crippen LogP contribution is 2.23. The molecule has 2 heteroatoms. The Kier molecular flexibility index (Phi) is 9.12. The molecule has 1 unspecified atom stereocenters. The number of amides is 1. The highest BCUT2D eigenvalue weighted by Gasteiger charge is 2.17. The van der Waals surface area contributed by atoms with Crippen molar-refractivity contribution < 1.29 is 4.79 Å². The predicted molar refractivity (Wildman–Crippen MR) is 74.8 cm³/mol. The van der Waals surface area contributed by atoms with E-state index in [1.807, 2.05) is 39.0 Å². The predicted octanol–water partition coefficient (Wildman–Crippen LogP) is 3.62. The maximum Gasteiger partial charge on any atom is 0.220 e. The van der Waals surface area contributed by atoms with Gasteiger partial charge in [-0.3, -0.25) is 4.79 Å². The second-order valence-corrected chi connectivity index (χ2v) is 3.78. The van der Waals surface area contributed by atoms with Crippen molar-refractivity contribution in [2.45, 2.75) is 40.0 Å². The van der Waals surface area contributed by atoms with E-state index in [1.165, 1.54) is 5.57 Å². The van der Waals surface area contributed by atoms with Crippen LogP contribution in [0.4, 0.5) is 0 Å². The lowest BCUT2D eigenvalue weighted by molar-refractivity contribution is -0.120. The maximum absolute atomic E-state index is 11.2. The number of carbonyl (C=O) groups is 1. The Bertz CT molecular complexity index is 289. The summed E-state index contributed by atoms with van der Waals surface area (Å²) in [6, 6.07) is 0. The molecule has 1 saturated heterocycles. The van der Waals surface area contributed by atoms with Crippen LogP contribution in [-0.4, -0.2) is 12.5 Å². The Labute approximate surface area is 105 Å². The van der Waals surface area contributed by atoms with Gasteiger partial charge in [-0.25, -0.2) is 0 Å². The van der Waals surface area contributed by atoms with Crippen LogP contribution in [0.15, 0.2) is 36.5 Å². The van der Waals surface area contributed by atoms with Gasteiger partial charge >= 0.3 is 0 Å². The second kappa shape index (κ2) is 9.88. The van der Waals surface area contributed by atoms with Gasteiger partial charge in [0.25, 0.3) is 0 Å². The van der Waals surface area contributed by atoms with Gasteiger partial charge in [0, 0.05) is 13.0 Å². The first-order chi connectivity index (χ1) is 8.27. The fourth-order valence-electron chi connectivity index (χ4n) is 1.91. The molecule has 0 spiro atoms. The Morgan fingerprint density at radius 2 is 2.12 bits per heavy atom. The molecule has 1 fully saturated rings. The van der Waals surface area contributed by atoms with Gasteiger partial charge in [-0.05, 0) is 31.3 Å². The Morgan fingerprint density at radius 3 is 2.71 bits per heavy atom. The third kappa shape index (κ3) is 6.10. The molecule has 1 amide bonds. The Hall–Kier alpha value is -1.31. The van der Waals surface area contributed by atoms with Gasteiger partial charge in [-0.15, -0.1) is 0 Å². The van der Waals surface area contributed by atoms with Gasteiger partial charge < -0.3 is 5.32 Å². The van der Waals surface area contributed by atoms with Crippen molar-refractivity contribution >= 4 is 5.91 Å². The molecule has 1 atom stereocenters. The molecule has 0 aliphatic carbocycles. The van der Waals surface area contributed by atoms with Crippen LogP contribution < -0.4 is 5.32 Å². The molecule has 2 nitrogen and oxygen atoms in total. The molecule has 0 radical (unpaired) electrons. The lowest BCUT2D eigenvalue weighted by Crippen LogP contribution is -2.21. The maximum atomic E-state index is 11.2. The standard InChI is InChI=1S/C13H19NO.C2H6/c1-3-5-11(6-4-2)12-7-8-13(15)14-10-9-12;1-2/h3-6,12H,1,7-10H2,2H3,(H,14,15);1-2H3/b6-4-,11-5+;. The van der Waals surface area contributed by atoms with Gasteiger partial charge in [-0.2, -0.15) is 0 Å². The van der Waals surface area contributed by atoms with Crippen molar-refractivity contribution in [2.24, 2.45) is 5.92 Å². The molecule has 1 rings (SSSR count). The highest BCUT2D eigenvalue weighted by molar-refractivity contribution is 5.76. The van der Waals surface area contributed by atoms with Crippen LogP contribution in [0.25, 0.3) is 0 Å². The summed E-state index contributed by atoms with van der Waals surface area (Å²) in [4.78, 5) is 11.2. The molecule has 1 heterocycles. The minimum atomic E-state index is 0.177. The molecule has 1 aliphatic rings. The third-order valence-corrected chi connectivity index (χ3v) is 2.68. The lowest BCUT2D eigenvalue weighted by atomic mass is 9.91. The van der Waals surface area contributed by atoms with Crippen molar-refractivity contribution in [3.63, 3.8) is 0 Å². The summed E-state index contributed by atoms with van der Waals surface area (Å²) < 4.78 is 0. The summed E-state index contributed by atoms with van der Waals surface area (Å²) in [6.07, 6.45) is 10.6. The van der Waals surface area contributed by atoms with Crippen LogP contribution in [0.2, 0.25) is 0 Å². The quantitative estimate of drug-likeness (QED) is 0.744. The van der Waals surface area contributed by atoms with Crippen molar-refractivity contribution in [2.75, 3.05) is 6.54 Å². The minimum Gasteiger partial charge on any atom is -0.356 e. The molecule has 17 heavy (non-hydrogen) atoms. The van der Waals surface area contributed by atoms with Gasteiger partial charge in [0.15, 0.2) is 0 Å². The largest absolute Gasteiger partial charge is 0.356 e. The van der Waals surface area contributed by atoms with E-state index in [-0.39, 0.29) is 5.91 Å². The summed E-state index contributed by atoms with van der Waals surface area (Å²) in [5, 5.41) is 2.90. The molecule has 0 aromatic carbocycles. The summed E-state index contributed by atoms with van der Waals surface area (Å²) in [5.41, 5.74) is 1.28. The molecule has 0 aromatic rings. The fraction of sp³-hybridized carbons (Fsp3) is 0.533. The average Bonchev–Trinajstić information content (AvgIpc) is 2.56. The van der Waals surface area contributed by atoms with Gasteiger partial charge in [0.2, 0.25) is 5.91 Å². The molecule has 0 bridgehead atoms. The first kappa shape index (κ1) is 15.7. The monoisotopic (exact) mass is 235 g/mol. The smallest absolute Gasteiger partial charge is 0.220 e. The number of hydrogen-bond acceptors (Lipinski definition) is 1. The molecule has 96 valence electrons. The van der Waals surface area contributed by atoms with E-state index in [9.17, 15) is 4.79 Å². The van der Waals surface area contributed by atoms with Crippen molar-refractivity contribution in [1.82, 2.24) is 5.32 Å². The SMILES string of the molecule is C=C/C=C(\C=C/C)C1CCNC(=O)CC1.CC. The van der Waals surface area contributed by atoms with Crippen LogP contribution in [0.5, 0.6) is 0 Å². The molecule has 1 aliphatic heterocycles. The highest BCUT2D eigenvalue weighted by atomic mass is 16.1. The van der Waals surface area contributed by atoms with Crippen LogP contribution in [0.1, 0.15) is 40.0 Å². The van der Waals surface area contributed by atoms with Crippen molar-refractivity contribution in [3.8, 4) is 0 Å². The van der Waals surface area contributed by atoms with Crippen LogP contribution in [0.3, 0.4) is 0 Å². The summed E-state index contributed by atoms with van der Waals surface area (Å²) in [7, 11) is 0. The average molecular weight is 235 g/mol. The van der Waals surface area contributed by atoms with E-state index >= 15 is 0 Å². The van der Waals surface area contributed by atoms with Gasteiger partial charge in [-0.1, -0.05) is 44.7 Å². The first-order valence-corrected chi connectivity index (χ1v) is 6.50. The summed E-state index contributed by atoms with van der Waals surface area (Å²) in [5.74, 6) is 0.661. The normalized spacial score (nSPS) is 21.2. The number of carbonyl (C=O) groups excluding carboxylic acids is 1. The van der Waals surface area contributed by atoms with E-state index < -0.39 is 0 Å². The van der Waals surface area contributed by atoms with E-state index in [0.29, 0.717) is 12.3 Å². The van der Waals surface area contributed by atoms with E-state index in [2.05, 4.69) is 18.0 Å². The van der Waals surface area contributed by atoms with Gasteiger partial charge in [0.1, 0.15) is 0 Å². The number of nitrogens with one attached hydrogen (secondary N) is 1. The summed E-state index contributed by atoms with van der Waals surface area (Å²) in [6.45, 7) is 10.5. The molecule has 1 N–H and O–H groups in total. The van der Waals surface area contributed by atoms with Crippen LogP contribution in [-0.2, 0) is 4.79 Å². The molecule has 0 saturated carbocycles. The third-order valence-electron chi connectivity index (χ3n) is 2.68. The minimum absolute atomic E-state index is 0.177. The number of hydrogen-bond donors (Lipinski definition) is 1. The second-order valence-electron chi connectivity index (χ2n) is 3.78. The van der Waals surface area contributed by atoms with Crippen LogP contribution in [0, 0.1) is 5.92 Å². The van der Waals surface area contributed by atoms with E-state index in [4.69, 9.17) is 0 Å².